The first-order valence-electron chi connectivity index (χ1n) is 11.7. The van der Waals surface area contributed by atoms with Gasteiger partial charge >= 0.3 is 12.2 Å². The maximum Gasteiger partial charge on any atom is 0.390 e. The molecule has 3 rings (SSSR count). The maximum atomic E-state index is 12.5. The van der Waals surface area contributed by atoms with Crippen LogP contribution in [0.2, 0.25) is 25.7 Å². The molecule has 3 heterocycles. The van der Waals surface area contributed by atoms with Gasteiger partial charge in [-0.1, -0.05) is 19.6 Å². The first-order valence-corrected chi connectivity index (χ1v) is 17.1. The average molecular weight is 551 g/mol. The molecular weight excluding hydrogens is 517 g/mol. The van der Waals surface area contributed by atoms with Crippen molar-refractivity contribution < 1.29 is 31.1 Å². The van der Waals surface area contributed by atoms with Gasteiger partial charge in [0.1, 0.15) is 12.2 Å². The van der Waals surface area contributed by atoms with Gasteiger partial charge in [-0.05, 0) is 25.0 Å². The number of hydrogen-bond acceptors (Lipinski definition) is 6. The number of nitrogens with zero attached hydrogens (tertiary/aromatic N) is 4. The highest BCUT2D eigenvalue weighted by Gasteiger charge is 2.34. The molecule has 0 aliphatic carbocycles. The maximum absolute atomic E-state index is 12.5. The summed E-state index contributed by atoms with van der Waals surface area (Å²) >= 11 is 0. The number of urea groups is 1. The van der Waals surface area contributed by atoms with Gasteiger partial charge in [0.15, 0.2) is 11.5 Å². The molecule has 1 aliphatic rings. The van der Waals surface area contributed by atoms with Crippen molar-refractivity contribution in [3.63, 3.8) is 0 Å². The third-order valence-electron chi connectivity index (χ3n) is 5.69. The number of amides is 2. The summed E-state index contributed by atoms with van der Waals surface area (Å²) in [4.78, 5) is 21.2. The zero-order chi connectivity index (χ0) is 26.6. The smallest absolute Gasteiger partial charge is 0.361 e. The summed E-state index contributed by atoms with van der Waals surface area (Å²) in [5, 5.41) is 5.26. The molecule has 0 aromatic carbocycles. The first-order chi connectivity index (χ1) is 16.7. The van der Waals surface area contributed by atoms with Crippen molar-refractivity contribution >= 4 is 41.1 Å². The van der Waals surface area contributed by atoms with E-state index in [1.165, 1.54) is 6.20 Å². The fraction of sp³-hybridized carbons (Fsp3) is 0.667. The van der Waals surface area contributed by atoms with Crippen molar-refractivity contribution in [2.24, 2.45) is 0 Å². The van der Waals surface area contributed by atoms with Crippen LogP contribution >= 0.6 is 0 Å². The Kier molecular flexibility index (Phi) is 9.00. The molecule has 15 heteroatoms. The zero-order valence-corrected chi connectivity index (χ0v) is 22.5. The summed E-state index contributed by atoms with van der Waals surface area (Å²) in [6, 6.07) is 1.68. The third kappa shape index (κ3) is 8.71. The van der Waals surface area contributed by atoms with Crippen LogP contribution in [0.4, 0.5) is 23.8 Å². The van der Waals surface area contributed by atoms with Gasteiger partial charge in [0.25, 0.3) is 0 Å². The Bertz CT molecular complexity index is 1150. The molecule has 1 aliphatic heterocycles. The molecule has 1 atom stereocenters. The number of alkyl halides is 3. The van der Waals surface area contributed by atoms with Crippen LogP contribution in [0.3, 0.4) is 0 Å². The number of halogens is 3. The summed E-state index contributed by atoms with van der Waals surface area (Å²) in [7, 11) is -5.25. The van der Waals surface area contributed by atoms with E-state index in [1.54, 1.807) is 12.3 Å². The highest BCUT2D eigenvalue weighted by atomic mass is 32.2. The molecule has 10 nitrogen and oxygen atoms in total. The molecule has 0 radical (unpaired) electrons. The van der Waals surface area contributed by atoms with E-state index in [4.69, 9.17) is 4.74 Å². The lowest BCUT2D eigenvalue weighted by Gasteiger charge is -2.32. The third-order valence-corrected chi connectivity index (χ3v) is 9.23. The van der Waals surface area contributed by atoms with Gasteiger partial charge in [-0.15, -0.1) is 0 Å². The van der Waals surface area contributed by atoms with Gasteiger partial charge in [0.05, 0.1) is 18.4 Å². The van der Waals surface area contributed by atoms with Crippen LogP contribution in [-0.2, 0) is 21.5 Å². The van der Waals surface area contributed by atoms with Crippen molar-refractivity contribution in [1.29, 1.82) is 0 Å². The number of rotatable bonds is 10. The van der Waals surface area contributed by atoms with E-state index < -0.39 is 48.5 Å². The van der Waals surface area contributed by atoms with Crippen LogP contribution in [0, 0.1) is 0 Å². The van der Waals surface area contributed by atoms with Crippen LogP contribution in [0.25, 0.3) is 11.2 Å². The zero-order valence-electron chi connectivity index (χ0n) is 20.6. The number of piperidine rings is 1. The standard InChI is InChI=1S/C21H33F3N6O4SSi/c1-36(2,3)12-10-34-15-29-9-6-17-19(29)25-13-18(27-17)28-20(31)26-16-5-4-8-30(14-16)35(32,33)11-7-21(22,23)24/h6,9,13,16H,4-5,7-8,10-12,14-15H2,1-3H3,(H2,26,27,28,31). The number of ether oxygens (including phenoxy) is 1. The van der Waals surface area contributed by atoms with Crippen molar-refractivity contribution in [2.75, 3.05) is 30.8 Å². The molecule has 202 valence electrons. The SMILES string of the molecule is C[Si](C)(C)CCOCn1ccc2nc(NC(=O)NC3CCCN(S(=O)(=O)CCC(F)(F)F)C3)cnc21. The molecule has 1 saturated heterocycles. The monoisotopic (exact) mass is 550 g/mol. The predicted octanol–water partition coefficient (Wildman–Crippen LogP) is 3.61. The number of carbonyl (C=O) groups excluding carboxylic acids is 1. The lowest BCUT2D eigenvalue weighted by Crippen LogP contribution is -2.51. The molecule has 2 aromatic heterocycles. The van der Waals surface area contributed by atoms with E-state index in [0.29, 0.717) is 37.3 Å². The summed E-state index contributed by atoms with van der Waals surface area (Å²) in [6.45, 7) is 7.90. The van der Waals surface area contributed by atoms with Gasteiger partial charge in [0, 0.05) is 40.0 Å². The number of fused-ring (bicyclic) bond motifs is 1. The number of nitrogens with one attached hydrogen (secondary N) is 2. The van der Waals surface area contributed by atoms with Crippen LogP contribution < -0.4 is 10.6 Å². The van der Waals surface area contributed by atoms with Crippen molar-refractivity contribution in [3.05, 3.63) is 18.5 Å². The Hall–Kier alpha value is -2.23. The van der Waals surface area contributed by atoms with Crippen LogP contribution in [0.1, 0.15) is 19.3 Å². The quantitative estimate of drug-likeness (QED) is 0.345. The topological polar surface area (TPSA) is 118 Å². The second-order valence-corrected chi connectivity index (χ2v) is 17.8. The highest BCUT2D eigenvalue weighted by molar-refractivity contribution is 7.89. The normalized spacial score (nSPS) is 17.9. The van der Waals surface area contributed by atoms with Crippen LogP contribution in [0.5, 0.6) is 0 Å². The number of sulfonamides is 1. The lowest BCUT2D eigenvalue weighted by molar-refractivity contribution is -0.130. The highest BCUT2D eigenvalue weighted by Crippen LogP contribution is 2.23. The van der Waals surface area contributed by atoms with E-state index in [0.717, 1.165) is 10.3 Å². The summed E-state index contributed by atoms with van der Waals surface area (Å²) in [6.07, 6.45) is -1.81. The summed E-state index contributed by atoms with van der Waals surface area (Å²) in [5.41, 5.74) is 1.18. The van der Waals surface area contributed by atoms with Crippen LogP contribution in [0.15, 0.2) is 18.5 Å². The Labute approximate surface area is 209 Å². The second kappa shape index (κ2) is 11.4. The predicted molar refractivity (Wildman–Crippen MR) is 133 cm³/mol. The molecule has 2 amide bonds. The molecule has 1 fully saturated rings. The molecule has 0 saturated carbocycles. The van der Waals surface area contributed by atoms with Crippen LogP contribution in [-0.4, -0.2) is 79.0 Å². The van der Waals surface area contributed by atoms with Gasteiger partial charge in [-0.3, -0.25) is 5.32 Å². The summed E-state index contributed by atoms with van der Waals surface area (Å²) < 4.78 is 70.5. The Balaban J connectivity index is 1.52. The van der Waals surface area contributed by atoms with Gasteiger partial charge < -0.3 is 14.6 Å². The Morgan fingerprint density at radius 3 is 2.75 bits per heavy atom. The number of anilines is 1. The minimum absolute atomic E-state index is 0.0844. The van der Waals surface area contributed by atoms with E-state index in [9.17, 15) is 26.4 Å². The molecular formula is C21H33F3N6O4SSi. The fourth-order valence-corrected chi connectivity index (χ4v) is 6.01. The fourth-order valence-electron chi connectivity index (χ4n) is 3.69. The van der Waals surface area contributed by atoms with E-state index in [-0.39, 0.29) is 18.9 Å². The largest absolute Gasteiger partial charge is 0.390 e. The Morgan fingerprint density at radius 1 is 1.31 bits per heavy atom. The minimum atomic E-state index is -4.55. The Morgan fingerprint density at radius 2 is 2.06 bits per heavy atom. The molecule has 0 spiro atoms. The van der Waals surface area contributed by atoms with E-state index in [1.807, 2.05) is 4.57 Å². The number of carbonyl (C=O) groups is 1. The molecule has 2 N–H and O–H groups in total. The van der Waals surface area contributed by atoms with Crippen molar-refractivity contribution in [2.45, 2.75) is 63.9 Å². The number of hydrogen-bond donors (Lipinski definition) is 2. The summed E-state index contributed by atoms with van der Waals surface area (Å²) in [5.74, 6) is -0.795. The van der Waals surface area contributed by atoms with Crippen molar-refractivity contribution in [3.8, 4) is 0 Å². The molecule has 1 unspecified atom stereocenters. The van der Waals surface area contributed by atoms with E-state index >= 15 is 0 Å². The average Bonchev–Trinajstić information content (AvgIpc) is 3.16. The number of aromatic nitrogens is 3. The lowest BCUT2D eigenvalue weighted by atomic mass is 10.1. The van der Waals surface area contributed by atoms with Gasteiger partial charge in [-0.2, -0.15) is 17.5 Å². The molecule has 2 aromatic rings. The molecule has 0 bridgehead atoms. The second-order valence-electron chi connectivity index (χ2n) is 10.1. The van der Waals surface area contributed by atoms with E-state index in [2.05, 4.69) is 40.2 Å². The van der Waals surface area contributed by atoms with Crippen molar-refractivity contribution in [1.82, 2.24) is 24.2 Å². The molecule has 36 heavy (non-hydrogen) atoms. The van der Waals surface area contributed by atoms with Gasteiger partial charge in [-0.25, -0.2) is 23.2 Å². The first kappa shape index (κ1) is 28.3. The van der Waals surface area contributed by atoms with Gasteiger partial charge in [0.2, 0.25) is 10.0 Å². The minimum Gasteiger partial charge on any atom is -0.361 e.